The minimum Gasteiger partial charge on any atom is -0.507 e. The fourth-order valence-electron chi connectivity index (χ4n) is 4.01. The van der Waals surface area contributed by atoms with Gasteiger partial charge in [0.25, 0.3) is 11.7 Å². The van der Waals surface area contributed by atoms with Gasteiger partial charge in [-0.05, 0) is 74.4 Å². The smallest absolute Gasteiger partial charge is 0.300 e. The van der Waals surface area contributed by atoms with E-state index in [1.54, 1.807) is 45.2 Å². The van der Waals surface area contributed by atoms with Gasteiger partial charge in [-0.15, -0.1) is 0 Å². The number of halogens is 2. The predicted molar refractivity (Wildman–Crippen MR) is 122 cm³/mol. The van der Waals surface area contributed by atoms with Gasteiger partial charge in [0.15, 0.2) is 0 Å². The lowest BCUT2D eigenvalue weighted by Gasteiger charge is -2.24. The number of hydrogen-bond acceptors (Lipinski definition) is 5. The third-order valence-electron chi connectivity index (χ3n) is 5.65. The molecule has 1 unspecified atom stereocenters. The summed E-state index contributed by atoms with van der Waals surface area (Å²) in [5.74, 6) is -1.32. The topological polar surface area (TPSA) is 80.0 Å². The van der Waals surface area contributed by atoms with Crippen molar-refractivity contribution in [2.24, 2.45) is 0 Å². The van der Waals surface area contributed by atoms with Crippen LogP contribution in [0.5, 0.6) is 5.75 Å². The Morgan fingerprint density at radius 3 is 2.42 bits per heavy atom. The van der Waals surface area contributed by atoms with E-state index in [1.807, 2.05) is 6.92 Å². The lowest BCUT2D eigenvalue weighted by atomic mass is 9.95. The van der Waals surface area contributed by atoms with E-state index in [0.717, 1.165) is 16.5 Å². The zero-order valence-electron chi connectivity index (χ0n) is 18.4. The van der Waals surface area contributed by atoms with Gasteiger partial charge < -0.3 is 14.3 Å². The van der Waals surface area contributed by atoms with E-state index in [2.05, 4.69) is 0 Å². The first-order valence-corrected chi connectivity index (χ1v) is 10.5. The minimum atomic E-state index is -1.07. The zero-order valence-corrected chi connectivity index (χ0v) is 19.2. The molecule has 1 aliphatic heterocycles. The summed E-state index contributed by atoms with van der Waals surface area (Å²) >= 11 is 5.94. The van der Waals surface area contributed by atoms with Gasteiger partial charge in [-0.25, -0.2) is 4.39 Å². The van der Waals surface area contributed by atoms with Crippen LogP contribution < -0.4 is 9.64 Å². The molecule has 1 atom stereocenters. The van der Waals surface area contributed by atoms with Crippen molar-refractivity contribution >= 4 is 34.7 Å². The fourth-order valence-corrected chi connectivity index (χ4v) is 4.19. The Labute approximate surface area is 194 Å². The quantitative estimate of drug-likeness (QED) is 0.304. The van der Waals surface area contributed by atoms with Gasteiger partial charge in [-0.1, -0.05) is 11.6 Å². The maximum Gasteiger partial charge on any atom is 0.300 e. The molecule has 33 heavy (non-hydrogen) atoms. The van der Waals surface area contributed by atoms with Crippen molar-refractivity contribution in [3.05, 3.63) is 87.1 Å². The first-order valence-electron chi connectivity index (χ1n) is 10.1. The Bertz CT molecular complexity index is 1330. The van der Waals surface area contributed by atoms with Gasteiger partial charge in [0.1, 0.15) is 34.9 Å². The SMILES string of the molecule is COc1cc(C)c(/C(O)=C2\C(=O)C(=O)N(c3ccc(F)c(Cl)c3)C2c2ccc(C)o2)cc1C. The van der Waals surface area contributed by atoms with Gasteiger partial charge in [0, 0.05) is 11.3 Å². The lowest BCUT2D eigenvalue weighted by Crippen LogP contribution is -2.29. The second kappa shape index (κ2) is 8.41. The lowest BCUT2D eigenvalue weighted by molar-refractivity contribution is -0.132. The van der Waals surface area contributed by atoms with E-state index >= 15 is 0 Å². The van der Waals surface area contributed by atoms with E-state index in [4.69, 9.17) is 20.8 Å². The van der Waals surface area contributed by atoms with Crippen molar-refractivity contribution in [3.63, 3.8) is 0 Å². The summed E-state index contributed by atoms with van der Waals surface area (Å²) in [5, 5.41) is 11.1. The molecule has 0 radical (unpaired) electrons. The molecule has 170 valence electrons. The van der Waals surface area contributed by atoms with Crippen molar-refractivity contribution in [2.45, 2.75) is 26.8 Å². The molecule has 6 nitrogen and oxygen atoms in total. The number of ether oxygens (including phenoxy) is 1. The molecule has 0 bridgehead atoms. The van der Waals surface area contributed by atoms with Crippen LogP contribution >= 0.6 is 11.6 Å². The number of benzene rings is 2. The highest BCUT2D eigenvalue weighted by molar-refractivity contribution is 6.51. The highest BCUT2D eigenvalue weighted by Gasteiger charge is 2.48. The summed E-state index contributed by atoms with van der Waals surface area (Å²) < 4.78 is 24.9. The number of aliphatic hydroxyl groups is 1. The van der Waals surface area contributed by atoms with E-state index in [1.165, 1.54) is 12.1 Å². The van der Waals surface area contributed by atoms with E-state index in [9.17, 15) is 19.1 Å². The maximum absolute atomic E-state index is 13.8. The average Bonchev–Trinajstić information content (AvgIpc) is 3.32. The molecule has 3 aromatic rings. The van der Waals surface area contributed by atoms with Crippen LogP contribution in [0.25, 0.3) is 5.76 Å². The first kappa shape index (κ1) is 22.6. The van der Waals surface area contributed by atoms with Crippen LogP contribution in [0.15, 0.2) is 52.5 Å². The largest absolute Gasteiger partial charge is 0.507 e. The Kier molecular flexibility index (Phi) is 5.76. The van der Waals surface area contributed by atoms with Crippen molar-refractivity contribution in [2.75, 3.05) is 12.0 Å². The summed E-state index contributed by atoms with van der Waals surface area (Å²) in [6.45, 7) is 5.29. The number of methoxy groups -OCH3 is 1. The second-order valence-electron chi connectivity index (χ2n) is 7.85. The highest BCUT2D eigenvalue weighted by Crippen LogP contribution is 2.44. The average molecular weight is 470 g/mol. The Morgan fingerprint density at radius 1 is 1.09 bits per heavy atom. The van der Waals surface area contributed by atoms with Crippen molar-refractivity contribution in [3.8, 4) is 5.75 Å². The van der Waals surface area contributed by atoms with Crippen molar-refractivity contribution in [1.29, 1.82) is 0 Å². The van der Waals surface area contributed by atoms with Gasteiger partial charge in [-0.3, -0.25) is 14.5 Å². The van der Waals surface area contributed by atoms with Gasteiger partial charge in [-0.2, -0.15) is 0 Å². The maximum atomic E-state index is 13.8. The minimum absolute atomic E-state index is 0.137. The van der Waals surface area contributed by atoms with Crippen molar-refractivity contribution < 1.29 is 28.2 Å². The number of amides is 1. The second-order valence-corrected chi connectivity index (χ2v) is 8.26. The summed E-state index contributed by atoms with van der Waals surface area (Å²) in [6.07, 6.45) is 0. The number of aliphatic hydroxyl groups excluding tert-OH is 1. The fraction of sp³-hybridized carbons (Fsp3) is 0.200. The molecular formula is C25H21ClFNO5. The number of Topliss-reactive ketones (excluding diaryl/α,β-unsaturated/α-hetero) is 1. The molecule has 1 amide bonds. The molecule has 1 aliphatic rings. The van der Waals surface area contributed by atoms with Gasteiger partial charge in [0.2, 0.25) is 0 Å². The summed E-state index contributed by atoms with van der Waals surface area (Å²) in [5.41, 5.74) is 1.85. The number of hydrogen-bond donors (Lipinski definition) is 1. The first-order chi connectivity index (χ1) is 15.6. The molecular weight excluding hydrogens is 449 g/mol. The van der Waals surface area contributed by atoms with Crippen LogP contribution in [0.4, 0.5) is 10.1 Å². The normalized spacial score (nSPS) is 17.6. The molecule has 1 saturated heterocycles. The molecule has 0 saturated carbocycles. The molecule has 2 aromatic carbocycles. The number of ketones is 1. The van der Waals surface area contributed by atoms with Crippen LogP contribution in [0.3, 0.4) is 0 Å². The Morgan fingerprint density at radius 2 is 1.82 bits per heavy atom. The number of rotatable bonds is 4. The van der Waals surface area contributed by atoms with Crippen LogP contribution in [-0.4, -0.2) is 23.9 Å². The third kappa shape index (κ3) is 3.78. The summed E-state index contributed by atoms with van der Waals surface area (Å²) in [7, 11) is 1.54. The Hall–Kier alpha value is -3.58. The summed E-state index contributed by atoms with van der Waals surface area (Å²) in [4.78, 5) is 27.5. The number of carbonyl (C=O) groups excluding carboxylic acids is 2. The number of furan rings is 1. The number of carbonyl (C=O) groups is 2. The highest BCUT2D eigenvalue weighted by atomic mass is 35.5. The molecule has 1 fully saturated rings. The Balaban J connectivity index is 1.97. The number of nitrogens with zero attached hydrogens (tertiary/aromatic N) is 1. The predicted octanol–water partition coefficient (Wildman–Crippen LogP) is 5.63. The monoisotopic (exact) mass is 469 g/mol. The van der Waals surface area contributed by atoms with Crippen LogP contribution in [-0.2, 0) is 9.59 Å². The molecule has 1 aromatic heterocycles. The standard InChI is InChI=1S/C25H21ClFNO5/c1-12-10-20(32-4)13(2)9-16(12)23(29)21-22(19-8-5-14(3)33-19)28(25(31)24(21)30)15-6-7-18(27)17(26)11-15/h5-11,22,29H,1-4H3/b23-21+. The van der Waals surface area contributed by atoms with Crippen LogP contribution in [0, 0.1) is 26.6 Å². The van der Waals surface area contributed by atoms with Gasteiger partial charge in [0.05, 0.1) is 17.7 Å². The molecule has 1 N–H and O–H groups in total. The third-order valence-corrected chi connectivity index (χ3v) is 5.94. The van der Waals surface area contributed by atoms with Crippen LogP contribution in [0.2, 0.25) is 5.02 Å². The summed E-state index contributed by atoms with van der Waals surface area (Å²) in [6, 6.07) is 9.40. The molecule has 8 heteroatoms. The van der Waals surface area contributed by atoms with Crippen molar-refractivity contribution in [1.82, 2.24) is 0 Å². The molecule has 4 rings (SSSR count). The van der Waals surface area contributed by atoms with E-state index in [-0.39, 0.29) is 27.8 Å². The van der Waals surface area contributed by atoms with E-state index in [0.29, 0.717) is 22.6 Å². The zero-order chi connectivity index (χ0) is 24.0. The van der Waals surface area contributed by atoms with E-state index < -0.39 is 23.5 Å². The number of aryl methyl sites for hydroxylation is 3. The number of anilines is 1. The molecule has 0 spiro atoms. The molecule has 2 heterocycles. The van der Waals surface area contributed by atoms with Gasteiger partial charge >= 0.3 is 0 Å². The van der Waals surface area contributed by atoms with Crippen LogP contribution in [0.1, 0.15) is 34.3 Å². The molecule has 0 aliphatic carbocycles.